The largest absolute Gasteiger partial charge is 0.327 e. The van der Waals surface area contributed by atoms with E-state index in [1.807, 2.05) is 11.3 Å². The van der Waals surface area contributed by atoms with Crippen LogP contribution in [-0.4, -0.2) is 6.04 Å². The Hall–Kier alpha value is -1.64. The van der Waals surface area contributed by atoms with Crippen LogP contribution in [-0.2, 0) is 12.8 Å². The van der Waals surface area contributed by atoms with E-state index in [1.165, 1.54) is 21.2 Å². The van der Waals surface area contributed by atoms with E-state index >= 15 is 0 Å². The molecule has 0 fully saturated rings. The van der Waals surface area contributed by atoms with E-state index in [2.05, 4.69) is 60.0 Å². The minimum Gasteiger partial charge on any atom is -0.327 e. The Bertz CT molecular complexity index is 672. The van der Waals surface area contributed by atoms with Crippen molar-refractivity contribution in [1.82, 2.24) is 0 Å². The van der Waals surface area contributed by atoms with Gasteiger partial charge in [0.05, 0.1) is 0 Å². The molecule has 2 aromatic carbocycles. The van der Waals surface area contributed by atoms with E-state index in [9.17, 15) is 0 Å². The van der Waals surface area contributed by atoms with Gasteiger partial charge >= 0.3 is 0 Å². The molecule has 20 heavy (non-hydrogen) atoms. The molecule has 2 N–H and O–H groups in total. The number of aryl methyl sites for hydroxylation is 1. The molecule has 0 saturated heterocycles. The molecule has 1 aromatic heterocycles. The molecule has 1 unspecified atom stereocenters. The Labute approximate surface area is 124 Å². The van der Waals surface area contributed by atoms with Crippen molar-refractivity contribution in [2.75, 3.05) is 0 Å². The zero-order valence-electron chi connectivity index (χ0n) is 11.5. The number of hydrogen-bond acceptors (Lipinski definition) is 2. The zero-order chi connectivity index (χ0) is 13.8. The highest BCUT2D eigenvalue weighted by molar-refractivity contribution is 7.17. The van der Waals surface area contributed by atoms with Crippen LogP contribution >= 0.6 is 11.3 Å². The molecule has 0 radical (unpaired) electrons. The van der Waals surface area contributed by atoms with Gasteiger partial charge in [0, 0.05) is 10.7 Å². The molecule has 0 saturated carbocycles. The molecule has 0 spiro atoms. The number of fused-ring (bicyclic) bond motifs is 1. The minimum absolute atomic E-state index is 0.230. The fraction of sp³-hybridized carbons (Fsp3) is 0.222. The molecule has 2 heteroatoms. The monoisotopic (exact) mass is 281 g/mol. The van der Waals surface area contributed by atoms with Gasteiger partial charge in [-0.25, -0.2) is 0 Å². The van der Waals surface area contributed by atoms with Crippen molar-refractivity contribution in [3.63, 3.8) is 0 Å². The van der Waals surface area contributed by atoms with Gasteiger partial charge < -0.3 is 5.73 Å². The van der Waals surface area contributed by atoms with E-state index in [4.69, 9.17) is 5.73 Å². The summed E-state index contributed by atoms with van der Waals surface area (Å²) in [6.07, 6.45) is 3.06. The lowest BCUT2D eigenvalue weighted by atomic mass is 9.99. The van der Waals surface area contributed by atoms with Gasteiger partial charge in [0.15, 0.2) is 0 Å². The van der Waals surface area contributed by atoms with Gasteiger partial charge in [-0.15, -0.1) is 11.3 Å². The quantitative estimate of drug-likeness (QED) is 0.737. The van der Waals surface area contributed by atoms with Crippen molar-refractivity contribution in [3.05, 3.63) is 71.1 Å². The maximum Gasteiger partial charge on any atom is 0.0345 e. The molecular weight excluding hydrogens is 262 g/mol. The van der Waals surface area contributed by atoms with Crippen LogP contribution in [0.4, 0.5) is 0 Å². The second kappa shape index (κ2) is 6.21. The lowest BCUT2D eigenvalue weighted by molar-refractivity contribution is 0.613. The second-order valence-electron chi connectivity index (χ2n) is 5.25. The Morgan fingerprint density at radius 2 is 1.70 bits per heavy atom. The molecule has 3 aromatic rings. The van der Waals surface area contributed by atoms with Gasteiger partial charge in [-0.05, 0) is 47.2 Å². The molecule has 0 aliphatic heterocycles. The first kappa shape index (κ1) is 13.3. The Balaban J connectivity index is 1.63. The van der Waals surface area contributed by atoms with Crippen molar-refractivity contribution < 1.29 is 0 Å². The first-order valence-corrected chi connectivity index (χ1v) is 7.95. The maximum absolute atomic E-state index is 6.31. The summed E-state index contributed by atoms with van der Waals surface area (Å²) in [6.45, 7) is 0. The predicted octanol–water partition coefficient (Wildman–Crippen LogP) is 4.40. The van der Waals surface area contributed by atoms with E-state index < -0.39 is 0 Å². The second-order valence-corrected chi connectivity index (χ2v) is 6.16. The molecule has 1 atom stereocenters. The lowest BCUT2D eigenvalue weighted by Gasteiger charge is -2.11. The van der Waals surface area contributed by atoms with Crippen LogP contribution in [0.15, 0.2) is 60.0 Å². The third kappa shape index (κ3) is 3.09. The summed E-state index contributed by atoms with van der Waals surface area (Å²) < 4.78 is 1.36. The molecule has 102 valence electrons. The molecule has 0 bridgehead atoms. The topological polar surface area (TPSA) is 26.0 Å². The molecule has 1 nitrogen and oxygen atoms in total. The van der Waals surface area contributed by atoms with E-state index in [-0.39, 0.29) is 6.04 Å². The van der Waals surface area contributed by atoms with Crippen LogP contribution in [0.1, 0.15) is 17.5 Å². The molecule has 1 heterocycles. The lowest BCUT2D eigenvalue weighted by Crippen LogP contribution is -2.23. The Morgan fingerprint density at radius 3 is 2.55 bits per heavy atom. The number of rotatable bonds is 5. The van der Waals surface area contributed by atoms with E-state index in [0.717, 1.165) is 19.3 Å². The van der Waals surface area contributed by atoms with E-state index in [1.54, 1.807) is 0 Å². The normalized spacial score (nSPS) is 12.7. The highest BCUT2D eigenvalue weighted by Crippen LogP contribution is 2.26. The third-order valence-electron chi connectivity index (χ3n) is 3.69. The number of benzene rings is 2. The standard InChI is InChI=1S/C18H19NS/c19-16(11-10-14-6-2-1-3-7-14)12-15-13-20-18-9-5-4-8-17(15)18/h1-9,13,16H,10-12,19H2. The fourth-order valence-corrected chi connectivity index (χ4v) is 3.55. The van der Waals surface area contributed by atoms with Gasteiger partial charge in [0.2, 0.25) is 0 Å². The van der Waals surface area contributed by atoms with Crippen molar-refractivity contribution in [3.8, 4) is 0 Å². The highest BCUT2D eigenvalue weighted by atomic mass is 32.1. The average molecular weight is 281 g/mol. The molecule has 3 rings (SSSR count). The first-order chi connectivity index (χ1) is 9.83. The van der Waals surface area contributed by atoms with Gasteiger partial charge in [-0.3, -0.25) is 0 Å². The summed E-state index contributed by atoms with van der Waals surface area (Å²) in [5, 5.41) is 3.63. The number of nitrogens with two attached hydrogens (primary N) is 1. The Morgan fingerprint density at radius 1 is 0.950 bits per heavy atom. The van der Waals surface area contributed by atoms with Crippen LogP contribution in [0.2, 0.25) is 0 Å². The van der Waals surface area contributed by atoms with Crippen LogP contribution in [0.3, 0.4) is 0 Å². The van der Waals surface area contributed by atoms with Gasteiger partial charge in [-0.2, -0.15) is 0 Å². The molecule has 0 aliphatic rings. The van der Waals surface area contributed by atoms with Crippen LogP contribution in [0.5, 0.6) is 0 Å². The van der Waals surface area contributed by atoms with Crippen LogP contribution < -0.4 is 5.73 Å². The average Bonchev–Trinajstić information content (AvgIpc) is 2.90. The van der Waals surface area contributed by atoms with Gasteiger partial charge in [-0.1, -0.05) is 48.5 Å². The van der Waals surface area contributed by atoms with Crippen LogP contribution in [0.25, 0.3) is 10.1 Å². The van der Waals surface area contributed by atoms with Gasteiger partial charge in [0.25, 0.3) is 0 Å². The Kier molecular flexibility index (Phi) is 4.14. The third-order valence-corrected chi connectivity index (χ3v) is 4.70. The number of thiophene rings is 1. The number of hydrogen-bond donors (Lipinski definition) is 1. The summed E-state index contributed by atoms with van der Waals surface area (Å²) in [5.41, 5.74) is 9.08. The molecular formula is C18H19NS. The summed E-state index contributed by atoms with van der Waals surface area (Å²) in [4.78, 5) is 0. The SMILES string of the molecule is NC(CCc1ccccc1)Cc1csc2ccccc12. The predicted molar refractivity (Wildman–Crippen MR) is 88.3 cm³/mol. The van der Waals surface area contributed by atoms with Crippen molar-refractivity contribution in [2.24, 2.45) is 5.73 Å². The summed E-state index contributed by atoms with van der Waals surface area (Å²) in [7, 11) is 0. The smallest absolute Gasteiger partial charge is 0.0345 e. The maximum atomic E-state index is 6.31. The fourth-order valence-electron chi connectivity index (χ4n) is 2.57. The summed E-state index contributed by atoms with van der Waals surface area (Å²) in [5.74, 6) is 0. The van der Waals surface area contributed by atoms with Crippen LogP contribution in [0, 0.1) is 0 Å². The summed E-state index contributed by atoms with van der Waals surface area (Å²) >= 11 is 1.81. The van der Waals surface area contributed by atoms with Crippen molar-refractivity contribution >= 4 is 21.4 Å². The minimum atomic E-state index is 0.230. The van der Waals surface area contributed by atoms with Gasteiger partial charge in [0.1, 0.15) is 0 Å². The summed E-state index contributed by atoms with van der Waals surface area (Å²) in [6, 6.07) is 19.4. The molecule has 0 amide bonds. The highest BCUT2D eigenvalue weighted by Gasteiger charge is 2.09. The van der Waals surface area contributed by atoms with Crippen molar-refractivity contribution in [2.45, 2.75) is 25.3 Å². The first-order valence-electron chi connectivity index (χ1n) is 7.07. The zero-order valence-corrected chi connectivity index (χ0v) is 12.3. The molecule has 0 aliphatic carbocycles. The van der Waals surface area contributed by atoms with E-state index in [0.29, 0.717) is 0 Å². The van der Waals surface area contributed by atoms with Crippen molar-refractivity contribution in [1.29, 1.82) is 0 Å².